The van der Waals surface area contributed by atoms with E-state index >= 15 is 0 Å². The van der Waals surface area contributed by atoms with Crippen molar-refractivity contribution in [3.63, 3.8) is 0 Å². The summed E-state index contributed by atoms with van der Waals surface area (Å²) in [5.41, 5.74) is 4.61. The van der Waals surface area contributed by atoms with Crippen LogP contribution >= 0.6 is 0 Å². The maximum Gasteiger partial charge on any atom is 0.331 e. The number of Topliss-reactive ketones (excluding diaryl/α,β-unsaturated/α-hetero) is 1. The zero-order valence-electron chi connectivity index (χ0n) is 31.3. The van der Waals surface area contributed by atoms with E-state index in [1.54, 1.807) is 13.0 Å². The Balaban J connectivity index is 1.36. The van der Waals surface area contributed by atoms with Crippen LogP contribution in [0.15, 0.2) is 48.1 Å². The number of aliphatic hydroxyl groups excluding tert-OH is 3. The molecule has 8 rings (SSSR count). The van der Waals surface area contributed by atoms with Crippen molar-refractivity contribution in [2.75, 3.05) is 6.61 Å². The number of carbonyl (C=O) groups excluding carboxylic acids is 1. The minimum Gasteiger partial charge on any atom is -0.478 e. The van der Waals surface area contributed by atoms with Gasteiger partial charge in [0.05, 0.1) is 35.5 Å². The number of aromatic nitrogens is 1. The molecule has 2 aromatic rings. The number of nitrogens with zero attached hydrogens (tertiary/aromatic N) is 1. The van der Waals surface area contributed by atoms with Crippen molar-refractivity contribution >= 4 is 28.2 Å². The molecule has 1 unspecified atom stereocenters. The lowest BCUT2D eigenvalue weighted by Gasteiger charge is -2.64. The number of benzene rings is 1. The van der Waals surface area contributed by atoms with Gasteiger partial charge in [0.1, 0.15) is 11.6 Å². The molecule has 2 saturated carbocycles. The second-order valence-electron chi connectivity index (χ2n) is 18.2. The lowest BCUT2D eigenvalue weighted by atomic mass is 9.40. The molecule has 2 aliphatic heterocycles. The van der Waals surface area contributed by atoms with E-state index in [1.165, 1.54) is 11.3 Å². The average Bonchev–Trinajstić information content (AvgIpc) is 3.72. The summed E-state index contributed by atoms with van der Waals surface area (Å²) in [6, 6.07) is 1.64. The van der Waals surface area contributed by atoms with Gasteiger partial charge in [-0.1, -0.05) is 51.2 Å². The summed E-state index contributed by atoms with van der Waals surface area (Å²) in [4.78, 5) is 26.4. The fraction of sp³-hybridized carbons (Fsp3) is 0.581. The first kappa shape index (κ1) is 34.8. The number of carbonyl (C=O) groups is 2. The molecule has 0 saturated heterocycles. The van der Waals surface area contributed by atoms with Crippen LogP contribution in [0.3, 0.4) is 0 Å². The summed E-state index contributed by atoms with van der Waals surface area (Å²) in [5.74, 6) is -0.926. The summed E-state index contributed by atoms with van der Waals surface area (Å²) in [6.45, 7) is 20.4. The van der Waals surface area contributed by atoms with Crippen LogP contribution in [0.25, 0.3) is 16.5 Å². The normalized spacial score (nSPS) is 40.6. The van der Waals surface area contributed by atoms with E-state index in [-0.39, 0.29) is 40.6 Å². The molecule has 8 nitrogen and oxygen atoms in total. The molecule has 0 radical (unpaired) electrons. The van der Waals surface area contributed by atoms with Gasteiger partial charge in [-0.05, 0) is 113 Å². The zero-order valence-corrected chi connectivity index (χ0v) is 31.3. The number of carboxylic acid groups (broad SMARTS) is 1. The highest BCUT2D eigenvalue weighted by Gasteiger charge is 2.67. The van der Waals surface area contributed by atoms with Gasteiger partial charge >= 0.3 is 5.97 Å². The molecule has 4 aliphatic carbocycles. The van der Waals surface area contributed by atoms with Crippen molar-refractivity contribution in [2.45, 2.75) is 122 Å². The van der Waals surface area contributed by atoms with Gasteiger partial charge in [0, 0.05) is 39.0 Å². The topological polar surface area (TPSA) is 129 Å². The Morgan fingerprint density at radius 1 is 1.10 bits per heavy atom. The Hall–Kier alpha value is -3.30. The molecule has 10 atom stereocenters. The van der Waals surface area contributed by atoms with Gasteiger partial charge in [-0.15, -0.1) is 0 Å². The molecule has 1 aromatic heterocycles. The molecule has 2 fully saturated rings. The number of ketones is 1. The first-order valence-corrected chi connectivity index (χ1v) is 18.7. The third-order valence-corrected chi connectivity index (χ3v) is 15.0. The molecule has 0 bridgehead atoms. The lowest BCUT2D eigenvalue weighted by molar-refractivity contribution is -0.163. The number of hydrogen-bond acceptors (Lipinski definition) is 6. The number of aliphatic hydroxyl groups is 3. The molecule has 0 amide bonds. The number of allylic oxidation sites excluding steroid dienone is 3. The monoisotopic (exact) mass is 695 g/mol. The van der Waals surface area contributed by atoms with Gasteiger partial charge in [-0.2, -0.15) is 0 Å². The molecule has 8 heteroatoms. The van der Waals surface area contributed by atoms with Crippen molar-refractivity contribution in [3.05, 3.63) is 76.0 Å². The molecule has 272 valence electrons. The molecule has 4 N–H and O–H groups in total. The molecule has 6 aliphatic rings. The maximum atomic E-state index is 14.9. The van der Waals surface area contributed by atoms with Crippen LogP contribution in [0.4, 0.5) is 0 Å². The first-order chi connectivity index (χ1) is 23.8. The van der Waals surface area contributed by atoms with Crippen LogP contribution in [0.5, 0.6) is 0 Å². The predicted octanol–water partition coefficient (Wildman–Crippen LogP) is 7.16. The predicted molar refractivity (Wildman–Crippen MR) is 196 cm³/mol. The van der Waals surface area contributed by atoms with E-state index in [4.69, 9.17) is 4.74 Å². The van der Waals surface area contributed by atoms with E-state index in [2.05, 4.69) is 38.0 Å². The van der Waals surface area contributed by atoms with E-state index in [0.717, 1.165) is 53.3 Å². The third-order valence-electron chi connectivity index (χ3n) is 15.0. The number of ether oxygens (including phenoxy) is 1. The number of rotatable bonds is 5. The van der Waals surface area contributed by atoms with E-state index < -0.39 is 40.8 Å². The maximum absolute atomic E-state index is 14.9. The highest BCUT2D eigenvalue weighted by Crippen LogP contribution is 2.71. The van der Waals surface area contributed by atoms with Crippen molar-refractivity contribution < 1.29 is 34.8 Å². The number of hydrogen-bond donors (Lipinski definition) is 4. The van der Waals surface area contributed by atoms with E-state index in [0.29, 0.717) is 23.5 Å². The van der Waals surface area contributed by atoms with Crippen molar-refractivity contribution in [1.29, 1.82) is 0 Å². The molecular formula is C43H53NO7. The SMILES string of the molecule is C=C(C)[C@H]1C(=O)c2c3c(cc4c5c(n1c24)[C@@]1(C)C(CC[C@H]2[C@](C)(/C=C/C=C(\C)C(=O)O)[C@@H](O)CC[C@]21C)C5)C1=C[C@](C)(CO)OC(C)(C)[C@@H]1[C@@H]3O. The largest absolute Gasteiger partial charge is 0.478 e. The molecule has 3 heterocycles. The van der Waals surface area contributed by atoms with Gasteiger partial charge in [0.25, 0.3) is 0 Å². The van der Waals surface area contributed by atoms with Crippen LogP contribution in [0.1, 0.15) is 126 Å². The Morgan fingerprint density at radius 2 is 1.80 bits per heavy atom. The van der Waals surface area contributed by atoms with Gasteiger partial charge in [-0.25, -0.2) is 4.79 Å². The Bertz CT molecular complexity index is 2050. The molecule has 51 heavy (non-hydrogen) atoms. The van der Waals surface area contributed by atoms with Gasteiger partial charge < -0.3 is 29.7 Å². The van der Waals surface area contributed by atoms with Crippen LogP contribution in [0.2, 0.25) is 0 Å². The average molecular weight is 696 g/mol. The Labute approximate surface area is 300 Å². The van der Waals surface area contributed by atoms with Crippen molar-refractivity contribution in [3.8, 4) is 0 Å². The van der Waals surface area contributed by atoms with E-state index in [9.17, 15) is 30.0 Å². The highest BCUT2D eigenvalue weighted by molar-refractivity contribution is 6.18. The number of aliphatic carboxylic acids is 1. The highest BCUT2D eigenvalue weighted by atomic mass is 16.5. The molecular weight excluding hydrogens is 642 g/mol. The Morgan fingerprint density at radius 3 is 2.45 bits per heavy atom. The first-order valence-electron chi connectivity index (χ1n) is 18.7. The second-order valence-corrected chi connectivity index (χ2v) is 18.2. The molecule has 1 aromatic carbocycles. The van der Waals surface area contributed by atoms with Crippen LogP contribution in [-0.2, 0) is 21.4 Å². The second kappa shape index (κ2) is 10.6. The summed E-state index contributed by atoms with van der Waals surface area (Å²) in [7, 11) is 0. The number of carboxylic acids is 1. The minimum absolute atomic E-state index is 0.0268. The third kappa shape index (κ3) is 4.16. The fourth-order valence-electron chi connectivity index (χ4n) is 12.5. The number of fused-ring (bicyclic) bond motifs is 11. The van der Waals surface area contributed by atoms with E-state index in [1.807, 2.05) is 45.9 Å². The summed E-state index contributed by atoms with van der Waals surface area (Å²) in [5, 5.41) is 44.7. The summed E-state index contributed by atoms with van der Waals surface area (Å²) < 4.78 is 8.72. The van der Waals surface area contributed by atoms with Gasteiger partial charge in [0.15, 0.2) is 5.78 Å². The lowest BCUT2D eigenvalue weighted by Crippen LogP contribution is -2.62. The standard InChI is InChI=1S/C43H53NO7/c1-21(2)33-36(48)31-30-24(27-19-40(6,20-45)51-39(4,5)32(27)35(30)47)18-25-26-17-23-12-13-28-41(7,15-10-11-22(3)38(49)50)29(46)14-16-42(28,8)43(23,9)37(26)44(33)34(25)31/h10-11,15,18-19,23,28-29,32-33,35,45-47H,1,12-14,16-17,20H2,2-9H3,(H,49,50)/b15-10+,22-11+/t23?,28-,29-,32-,33-,35+,40+,41-,42+,43+/m0/s1. The fourth-order valence-corrected chi connectivity index (χ4v) is 12.5. The summed E-state index contributed by atoms with van der Waals surface area (Å²) >= 11 is 0. The smallest absolute Gasteiger partial charge is 0.331 e. The van der Waals surface area contributed by atoms with Crippen LogP contribution in [-0.4, -0.2) is 60.7 Å². The zero-order chi connectivity index (χ0) is 37.0. The van der Waals surface area contributed by atoms with Crippen molar-refractivity contribution in [2.24, 2.45) is 28.6 Å². The minimum atomic E-state index is -0.960. The quantitative estimate of drug-likeness (QED) is 0.149. The molecule has 0 spiro atoms. The van der Waals surface area contributed by atoms with Crippen LogP contribution in [0, 0.1) is 28.6 Å². The summed E-state index contributed by atoms with van der Waals surface area (Å²) in [6.07, 6.45) is 10.2. The van der Waals surface area contributed by atoms with Crippen molar-refractivity contribution in [1.82, 2.24) is 4.57 Å². The van der Waals surface area contributed by atoms with Gasteiger partial charge in [-0.3, -0.25) is 4.79 Å². The Kier molecular flexibility index (Phi) is 7.26. The van der Waals surface area contributed by atoms with Crippen LogP contribution < -0.4 is 0 Å². The van der Waals surface area contributed by atoms with Gasteiger partial charge in [0.2, 0.25) is 0 Å².